The first-order valence-electron chi connectivity index (χ1n) is 10.1. The van der Waals surface area contributed by atoms with Crippen molar-refractivity contribution in [3.05, 3.63) is 47.4 Å². The minimum Gasteiger partial charge on any atom is -0.352 e. The van der Waals surface area contributed by atoms with Crippen LogP contribution in [0.15, 0.2) is 44.7 Å². The monoisotopic (exact) mass is 461 g/mol. The van der Waals surface area contributed by atoms with Gasteiger partial charge in [-0.05, 0) is 30.5 Å². The van der Waals surface area contributed by atoms with Crippen molar-refractivity contribution in [3.8, 4) is 11.4 Å². The molecule has 164 valence electrons. The Hall–Kier alpha value is -2.63. The molecule has 3 aromatic heterocycles. The Morgan fingerprint density at radius 2 is 2.29 bits per heavy atom. The van der Waals surface area contributed by atoms with Gasteiger partial charge in [-0.15, -0.1) is 11.3 Å². The van der Waals surface area contributed by atoms with Crippen LogP contribution in [0.4, 0.5) is 0 Å². The van der Waals surface area contributed by atoms with E-state index in [-0.39, 0.29) is 22.6 Å². The smallest absolute Gasteiger partial charge is 0.252 e. The third-order valence-corrected chi connectivity index (χ3v) is 8.42. The van der Waals surface area contributed by atoms with Crippen LogP contribution in [0.1, 0.15) is 31.2 Å². The second-order valence-electron chi connectivity index (χ2n) is 7.30. The number of nitrogens with one attached hydrogen (secondary N) is 1. The van der Waals surface area contributed by atoms with Crippen molar-refractivity contribution in [2.45, 2.75) is 36.9 Å². The summed E-state index contributed by atoms with van der Waals surface area (Å²) >= 11 is 1.12. The van der Waals surface area contributed by atoms with Gasteiger partial charge in [-0.1, -0.05) is 18.1 Å². The van der Waals surface area contributed by atoms with Crippen LogP contribution in [0.25, 0.3) is 11.4 Å². The van der Waals surface area contributed by atoms with Crippen LogP contribution in [0.5, 0.6) is 0 Å². The van der Waals surface area contributed by atoms with Gasteiger partial charge < -0.3 is 9.84 Å². The summed E-state index contributed by atoms with van der Waals surface area (Å²) in [5.41, 5.74) is 1.50. The van der Waals surface area contributed by atoms with Gasteiger partial charge in [-0.2, -0.15) is 9.29 Å². The topological polar surface area (TPSA) is 118 Å². The van der Waals surface area contributed by atoms with E-state index in [1.54, 1.807) is 23.8 Å². The minimum absolute atomic E-state index is 0.144. The van der Waals surface area contributed by atoms with Crippen molar-refractivity contribution in [2.75, 3.05) is 13.1 Å². The number of hydrogen-bond acceptors (Lipinski definition) is 8. The number of carbonyl (C=O) groups is 1. The number of sulfonamides is 1. The van der Waals surface area contributed by atoms with Crippen molar-refractivity contribution in [2.24, 2.45) is 5.92 Å². The number of piperidine rings is 1. The first kappa shape index (κ1) is 21.6. The molecule has 1 N–H and O–H groups in total. The maximum absolute atomic E-state index is 13.2. The lowest BCUT2D eigenvalue weighted by atomic mass is 9.99. The Morgan fingerprint density at radius 3 is 3.03 bits per heavy atom. The number of carbonyl (C=O) groups excluding carboxylic acids is 1. The summed E-state index contributed by atoms with van der Waals surface area (Å²) < 4.78 is 33.1. The highest BCUT2D eigenvalue weighted by atomic mass is 32.2. The van der Waals surface area contributed by atoms with Crippen molar-refractivity contribution in [1.29, 1.82) is 0 Å². The van der Waals surface area contributed by atoms with E-state index in [0.717, 1.165) is 16.9 Å². The molecule has 1 atom stereocenters. The zero-order chi connectivity index (χ0) is 21.8. The van der Waals surface area contributed by atoms with E-state index >= 15 is 0 Å². The summed E-state index contributed by atoms with van der Waals surface area (Å²) in [6, 6.07) is 5.26. The third-order valence-electron chi connectivity index (χ3n) is 5.14. The molecule has 1 fully saturated rings. The standard InChI is InChI=1S/C20H23N5O4S2/c1-2-17-23-19(24-29-17)16-9-18(30-13-16)31(27,28)25-8-4-6-15(12-25)20(26)22-11-14-5-3-7-21-10-14/h3,5,7,9-10,13,15H,2,4,6,8,11-12H2,1H3,(H,22,26)/t15-/m0/s1. The quantitative estimate of drug-likeness (QED) is 0.574. The van der Waals surface area contributed by atoms with Crippen LogP contribution >= 0.6 is 11.3 Å². The maximum atomic E-state index is 13.2. The SMILES string of the molecule is CCc1nc(-c2csc(S(=O)(=O)N3CCC[C@H](C(=O)NCc4cccnc4)C3)c2)no1. The fourth-order valence-electron chi connectivity index (χ4n) is 3.42. The van der Waals surface area contributed by atoms with Gasteiger partial charge in [0.15, 0.2) is 0 Å². The summed E-state index contributed by atoms with van der Waals surface area (Å²) in [7, 11) is -3.71. The van der Waals surface area contributed by atoms with E-state index in [9.17, 15) is 13.2 Å². The predicted octanol–water partition coefficient (Wildman–Crippen LogP) is 2.47. The van der Waals surface area contributed by atoms with Gasteiger partial charge in [-0.3, -0.25) is 9.78 Å². The molecule has 9 nitrogen and oxygen atoms in total. The molecule has 1 saturated heterocycles. The first-order chi connectivity index (χ1) is 15.0. The van der Waals surface area contributed by atoms with Gasteiger partial charge in [0.05, 0.1) is 5.92 Å². The normalized spacial score (nSPS) is 17.5. The van der Waals surface area contributed by atoms with Gasteiger partial charge in [0.1, 0.15) is 4.21 Å². The number of aryl methyl sites for hydroxylation is 1. The second kappa shape index (κ2) is 9.25. The fourth-order valence-corrected chi connectivity index (χ4v) is 6.26. The van der Waals surface area contributed by atoms with E-state index in [4.69, 9.17) is 4.52 Å². The van der Waals surface area contributed by atoms with Crippen LogP contribution in [-0.2, 0) is 27.8 Å². The van der Waals surface area contributed by atoms with Crippen molar-refractivity contribution >= 4 is 27.3 Å². The summed E-state index contributed by atoms with van der Waals surface area (Å²) in [4.78, 5) is 20.9. The first-order valence-corrected chi connectivity index (χ1v) is 12.4. The molecule has 4 heterocycles. The molecular formula is C20H23N5O4S2. The highest BCUT2D eigenvalue weighted by Gasteiger charge is 2.34. The Labute approximate surface area is 184 Å². The highest BCUT2D eigenvalue weighted by Crippen LogP contribution is 2.31. The summed E-state index contributed by atoms with van der Waals surface area (Å²) in [5.74, 6) is 0.348. The minimum atomic E-state index is -3.71. The Balaban J connectivity index is 1.43. The molecule has 0 spiro atoms. The number of nitrogens with zero attached hydrogens (tertiary/aromatic N) is 4. The lowest BCUT2D eigenvalue weighted by Crippen LogP contribution is -2.45. The third kappa shape index (κ3) is 4.83. The zero-order valence-electron chi connectivity index (χ0n) is 17.0. The van der Waals surface area contributed by atoms with E-state index in [2.05, 4.69) is 20.4 Å². The molecular weight excluding hydrogens is 438 g/mol. The lowest BCUT2D eigenvalue weighted by molar-refractivity contribution is -0.126. The molecule has 0 bridgehead atoms. The van der Waals surface area contributed by atoms with E-state index in [0.29, 0.717) is 49.6 Å². The average molecular weight is 462 g/mol. The van der Waals surface area contributed by atoms with Gasteiger partial charge in [0, 0.05) is 49.4 Å². The van der Waals surface area contributed by atoms with Gasteiger partial charge >= 0.3 is 0 Å². The maximum Gasteiger partial charge on any atom is 0.252 e. The second-order valence-corrected chi connectivity index (χ2v) is 10.4. The molecule has 4 rings (SSSR count). The number of rotatable bonds is 7. The molecule has 0 saturated carbocycles. The number of pyridine rings is 1. The molecule has 31 heavy (non-hydrogen) atoms. The molecule has 1 aliphatic heterocycles. The van der Waals surface area contributed by atoms with E-state index in [1.807, 2.05) is 19.1 Å². The highest BCUT2D eigenvalue weighted by molar-refractivity contribution is 7.91. The Morgan fingerprint density at radius 1 is 1.42 bits per heavy atom. The number of hydrogen-bond donors (Lipinski definition) is 1. The van der Waals surface area contributed by atoms with Crippen molar-refractivity contribution in [1.82, 2.24) is 24.7 Å². The average Bonchev–Trinajstić information content (AvgIpc) is 3.48. The van der Waals surface area contributed by atoms with Gasteiger partial charge in [-0.25, -0.2) is 8.42 Å². The molecule has 11 heteroatoms. The number of aromatic nitrogens is 3. The largest absolute Gasteiger partial charge is 0.352 e. The predicted molar refractivity (Wildman–Crippen MR) is 115 cm³/mol. The fraction of sp³-hybridized carbons (Fsp3) is 0.400. The Kier molecular flexibility index (Phi) is 6.44. The molecule has 1 aliphatic rings. The lowest BCUT2D eigenvalue weighted by Gasteiger charge is -2.30. The number of amides is 1. The number of thiophene rings is 1. The van der Waals surface area contributed by atoms with Crippen molar-refractivity contribution < 1.29 is 17.7 Å². The van der Waals surface area contributed by atoms with Crippen LogP contribution < -0.4 is 5.32 Å². The summed E-state index contributed by atoms with van der Waals surface area (Å²) in [5, 5.41) is 8.50. The molecule has 0 unspecified atom stereocenters. The Bertz CT molecular complexity index is 1140. The van der Waals surface area contributed by atoms with Crippen LogP contribution in [0.2, 0.25) is 0 Å². The zero-order valence-corrected chi connectivity index (χ0v) is 18.7. The molecule has 1 amide bonds. The van der Waals surface area contributed by atoms with E-state index < -0.39 is 10.0 Å². The molecule has 0 aliphatic carbocycles. The van der Waals surface area contributed by atoms with Crippen LogP contribution in [-0.4, -0.2) is 46.8 Å². The van der Waals surface area contributed by atoms with Crippen molar-refractivity contribution in [3.63, 3.8) is 0 Å². The molecule has 0 aromatic carbocycles. The van der Waals surface area contributed by atoms with Crippen LogP contribution in [0.3, 0.4) is 0 Å². The van der Waals surface area contributed by atoms with Crippen LogP contribution in [0, 0.1) is 5.92 Å². The van der Waals surface area contributed by atoms with Gasteiger partial charge in [0.25, 0.3) is 10.0 Å². The molecule has 0 radical (unpaired) electrons. The molecule has 3 aromatic rings. The van der Waals surface area contributed by atoms with Gasteiger partial charge in [0.2, 0.25) is 17.6 Å². The summed E-state index contributed by atoms with van der Waals surface area (Å²) in [6.45, 7) is 2.83. The summed E-state index contributed by atoms with van der Waals surface area (Å²) in [6.07, 6.45) is 5.27. The van der Waals surface area contributed by atoms with E-state index in [1.165, 1.54) is 4.31 Å².